The molecule has 1 aliphatic heterocycles. The highest BCUT2D eigenvalue weighted by molar-refractivity contribution is 7.89. The fourth-order valence-electron chi connectivity index (χ4n) is 3.29. The van der Waals surface area contributed by atoms with Crippen LogP contribution in [0, 0.1) is 0 Å². The quantitative estimate of drug-likeness (QED) is 0.790. The number of thiophene rings is 1. The standard InChI is InChI=1S/C18H24ClN3O2S2/c1-14(20-26(23,24)16-7-5-15(19)6-8-16)18(17-4-3-13-25-17)22-11-9-21(2)10-12-22/h3-8,13-14,18,20H,9-12H2,1-2H3. The van der Waals surface area contributed by atoms with Crippen LogP contribution in [-0.4, -0.2) is 57.5 Å². The van der Waals surface area contributed by atoms with Crippen molar-refractivity contribution in [1.82, 2.24) is 14.5 Å². The Bertz CT molecular complexity index is 801. The molecule has 2 heterocycles. The minimum Gasteiger partial charge on any atom is -0.304 e. The molecule has 5 nitrogen and oxygen atoms in total. The van der Waals surface area contributed by atoms with Crippen LogP contribution in [0.3, 0.4) is 0 Å². The number of rotatable bonds is 6. The van der Waals surface area contributed by atoms with E-state index in [1.807, 2.05) is 18.4 Å². The van der Waals surface area contributed by atoms with Crippen molar-refractivity contribution in [3.63, 3.8) is 0 Å². The van der Waals surface area contributed by atoms with E-state index in [-0.39, 0.29) is 17.0 Å². The van der Waals surface area contributed by atoms with Gasteiger partial charge in [0.2, 0.25) is 10.0 Å². The zero-order valence-electron chi connectivity index (χ0n) is 14.9. The number of halogens is 1. The van der Waals surface area contributed by atoms with Crippen LogP contribution in [0.1, 0.15) is 17.8 Å². The van der Waals surface area contributed by atoms with E-state index in [1.165, 1.54) is 17.0 Å². The molecule has 26 heavy (non-hydrogen) atoms. The van der Waals surface area contributed by atoms with Gasteiger partial charge in [0.1, 0.15) is 0 Å². The maximum absolute atomic E-state index is 12.8. The van der Waals surface area contributed by atoms with Crippen molar-refractivity contribution >= 4 is 33.0 Å². The van der Waals surface area contributed by atoms with Crippen LogP contribution in [0.5, 0.6) is 0 Å². The van der Waals surface area contributed by atoms with Crippen LogP contribution in [0.15, 0.2) is 46.7 Å². The number of sulfonamides is 1. The second-order valence-electron chi connectivity index (χ2n) is 6.66. The van der Waals surface area contributed by atoms with E-state index in [9.17, 15) is 8.42 Å². The number of hydrogen-bond donors (Lipinski definition) is 1. The average molecular weight is 414 g/mol. The smallest absolute Gasteiger partial charge is 0.240 e. The van der Waals surface area contributed by atoms with E-state index in [4.69, 9.17) is 11.6 Å². The summed E-state index contributed by atoms with van der Waals surface area (Å²) in [4.78, 5) is 6.09. The lowest BCUT2D eigenvalue weighted by Gasteiger charge is -2.40. The molecule has 1 aromatic carbocycles. The van der Waals surface area contributed by atoms with Crippen LogP contribution in [0.25, 0.3) is 0 Å². The Morgan fingerprint density at radius 1 is 1.12 bits per heavy atom. The molecule has 0 saturated carbocycles. The number of nitrogens with zero attached hydrogens (tertiary/aromatic N) is 2. The van der Waals surface area contributed by atoms with Gasteiger partial charge in [-0.1, -0.05) is 17.7 Å². The fourth-order valence-corrected chi connectivity index (χ4v) is 5.63. The summed E-state index contributed by atoms with van der Waals surface area (Å²) in [6, 6.07) is 10.1. The number of likely N-dealkylation sites (N-methyl/N-ethyl adjacent to an activating group) is 1. The molecule has 142 valence electrons. The van der Waals surface area contributed by atoms with Crippen LogP contribution in [0.2, 0.25) is 5.02 Å². The predicted octanol–water partition coefficient (Wildman–Crippen LogP) is 3.06. The number of piperazine rings is 1. The fraction of sp³-hybridized carbons (Fsp3) is 0.444. The van der Waals surface area contributed by atoms with E-state index in [1.54, 1.807) is 23.5 Å². The summed E-state index contributed by atoms with van der Waals surface area (Å²) in [5.41, 5.74) is 0. The molecule has 0 spiro atoms. The summed E-state index contributed by atoms with van der Waals surface area (Å²) in [6.07, 6.45) is 0. The maximum Gasteiger partial charge on any atom is 0.240 e. The third-order valence-corrected chi connectivity index (χ3v) is 7.47. The van der Waals surface area contributed by atoms with E-state index in [0.717, 1.165) is 26.2 Å². The van der Waals surface area contributed by atoms with Gasteiger partial charge >= 0.3 is 0 Å². The van der Waals surface area contributed by atoms with Crippen LogP contribution < -0.4 is 4.72 Å². The summed E-state index contributed by atoms with van der Waals surface area (Å²) in [5, 5.41) is 2.56. The van der Waals surface area contributed by atoms with E-state index in [2.05, 4.69) is 27.6 Å². The van der Waals surface area contributed by atoms with Gasteiger partial charge < -0.3 is 4.90 Å². The molecular formula is C18H24ClN3O2S2. The molecule has 8 heteroatoms. The Morgan fingerprint density at radius 2 is 1.77 bits per heavy atom. The lowest BCUT2D eigenvalue weighted by Crippen LogP contribution is -2.51. The van der Waals surface area contributed by atoms with E-state index < -0.39 is 10.0 Å². The Kier molecular flexibility index (Phi) is 6.37. The summed E-state index contributed by atoms with van der Waals surface area (Å²) in [5.74, 6) is 0. The van der Waals surface area contributed by atoms with Crippen LogP contribution in [-0.2, 0) is 10.0 Å². The monoisotopic (exact) mass is 413 g/mol. The summed E-state index contributed by atoms with van der Waals surface area (Å²) in [6.45, 7) is 5.76. The van der Waals surface area contributed by atoms with E-state index >= 15 is 0 Å². The first-order chi connectivity index (χ1) is 12.4. The van der Waals surface area contributed by atoms with Crippen LogP contribution >= 0.6 is 22.9 Å². The molecule has 1 saturated heterocycles. The Morgan fingerprint density at radius 3 is 2.35 bits per heavy atom. The van der Waals surface area contributed by atoms with Gasteiger partial charge in [-0.05, 0) is 49.7 Å². The molecule has 0 bridgehead atoms. The number of benzene rings is 1. The third kappa shape index (κ3) is 4.65. The van der Waals surface area contributed by atoms with Gasteiger partial charge in [-0.2, -0.15) is 0 Å². The Hall–Kier alpha value is -0.960. The van der Waals surface area contributed by atoms with Crippen molar-refractivity contribution in [1.29, 1.82) is 0 Å². The minimum absolute atomic E-state index is 0.0192. The van der Waals surface area contributed by atoms with Crippen molar-refractivity contribution in [2.24, 2.45) is 0 Å². The minimum atomic E-state index is -3.60. The largest absolute Gasteiger partial charge is 0.304 e. The van der Waals surface area contributed by atoms with Crippen molar-refractivity contribution in [2.75, 3.05) is 33.2 Å². The van der Waals surface area contributed by atoms with Crippen molar-refractivity contribution < 1.29 is 8.42 Å². The van der Waals surface area contributed by atoms with Gasteiger partial charge in [0.15, 0.2) is 0 Å². The maximum atomic E-state index is 12.8. The van der Waals surface area contributed by atoms with Gasteiger partial charge in [0, 0.05) is 42.1 Å². The van der Waals surface area contributed by atoms with Crippen molar-refractivity contribution in [2.45, 2.75) is 23.9 Å². The predicted molar refractivity (Wildman–Crippen MR) is 107 cm³/mol. The third-order valence-electron chi connectivity index (χ3n) is 4.70. The lowest BCUT2D eigenvalue weighted by molar-refractivity contribution is 0.0994. The molecular weight excluding hydrogens is 390 g/mol. The summed E-state index contributed by atoms with van der Waals surface area (Å²) < 4.78 is 28.4. The molecule has 0 radical (unpaired) electrons. The average Bonchev–Trinajstić information content (AvgIpc) is 3.11. The zero-order chi connectivity index (χ0) is 18.7. The molecule has 1 N–H and O–H groups in total. The summed E-state index contributed by atoms with van der Waals surface area (Å²) >= 11 is 7.54. The molecule has 2 atom stereocenters. The molecule has 1 aromatic heterocycles. The first-order valence-corrected chi connectivity index (χ1v) is 11.3. The molecule has 1 aliphatic rings. The van der Waals surface area contributed by atoms with Gasteiger partial charge in [0.05, 0.1) is 10.9 Å². The molecule has 0 amide bonds. The topological polar surface area (TPSA) is 52.7 Å². The van der Waals surface area contributed by atoms with Crippen LogP contribution in [0.4, 0.5) is 0 Å². The first kappa shape index (κ1) is 19.8. The van der Waals surface area contributed by atoms with Gasteiger partial charge in [-0.25, -0.2) is 13.1 Å². The number of nitrogens with one attached hydrogen (secondary N) is 1. The Labute approximate surface area is 164 Å². The number of hydrogen-bond acceptors (Lipinski definition) is 5. The SMILES string of the molecule is CC(NS(=O)(=O)c1ccc(Cl)cc1)C(c1cccs1)N1CCN(C)CC1. The highest BCUT2D eigenvalue weighted by Crippen LogP contribution is 2.30. The second-order valence-corrected chi connectivity index (χ2v) is 9.79. The van der Waals surface area contributed by atoms with Crippen molar-refractivity contribution in [3.8, 4) is 0 Å². The highest BCUT2D eigenvalue weighted by atomic mass is 35.5. The molecule has 2 unspecified atom stereocenters. The van der Waals surface area contributed by atoms with Gasteiger partial charge in [0.25, 0.3) is 0 Å². The van der Waals surface area contributed by atoms with Crippen molar-refractivity contribution in [3.05, 3.63) is 51.7 Å². The van der Waals surface area contributed by atoms with E-state index in [0.29, 0.717) is 5.02 Å². The second kappa shape index (κ2) is 8.37. The molecule has 1 fully saturated rings. The molecule has 2 aromatic rings. The first-order valence-electron chi connectivity index (χ1n) is 8.61. The molecule has 0 aliphatic carbocycles. The Balaban J connectivity index is 1.81. The lowest BCUT2D eigenvalue weighted by atomic mass is 10.1. The highest BCUT2D eigenvalue weighted by Gasteiger charge is 2.31. The van der Waals surface area contributed by atoms with Gasteiger partial charge in [-0.15, -0.1) is 11.3 Å². The van der Waals surface area contributed by atoms with Gasteiger partial charge in [-0.3, -0.25) is 4.90 Å². The zero-order valence-corrected chi connectivity index (χ0v) is 17.3. The summed E-state index contributed by atoms with van der Waals surface area (Å²) in [7, 11) is -1.49. The normalized spacial score (nSPS) is 19.3. The molecule has 3 rings (SSSR count).